The van der Waals surface area contributed by atoms with Gasteiger partial charge in [0.2, 0.25) is 0 Å². The molecule has 4 rings (SSSR count). The Morgan fingerprint density at radius 1 is 0.500 bits per heavy atom. The molecule has 0 saturated carbocycles. The van der Waals surface area contributed by atoms with E-state index in [1.165, 1.54) is 22.3 Å². The molecule has 0 fully saturated rings. The lowest BCUT2D eigenvalue weighted by Gasteiger charge is -2.15. The maximum absolute atomic E-state index is 4.73. The van der Waals surface area contributed by atoms with E-state index in [0.717, 1.165) is 33.6 Å². The highest BCUT2D eigenvalue weighted by Gasteiger charge is 2.17. The Hall–Kier alpha value is -3.26. The zero-order chi connectivity index (χ0) is 19.7. The Bertz CT molecular complexity index is 1030. The van der Waals surface area contributed by atoms with Crippen LogP contribution in [0, 0.1) is 27.7 Å². The highest BCUT2D eigenvalue weighted by Crippen LogP contribution is 2.38. The first kappa shape index (κ1) is 18.1. The quantitative estimate of drug-likeness (QED) is 0.404. The maximum Gasteiger partial charge on any atom is 0.116 e. The van der Waals surface area contributed by atoms with Gasteiger partial charge in [-0.25, -0.2) is 9.97 Å². The number of nitrogens with zero attached hydrogens (tertiary/aromatic N) is 2. The number of rotatable bonds is 3. The Morgan fingerprint density at radius 3 is 1.36 bits per heavy atom. The molecule has 0 aliphatic heterocycles. The van der Waals surface area contributed by atoms with Crippen LogP contribution < -0.4 is 0 Å². The van der Waals surface area contributed by atoms with Crippen LogP contribution >= 0.6 is 0 Å². The van der Waals surface area contributed by atoms with Crippen molar-refractivity contribution in [2.45, 2.75) is 27.7 Å². The molecule has 0 bridgehead atoms. The lowest BCUT2D eigenvalue weighted by Crippen LogP contribution is -1.97. The average molecular weight is 364 g/mol. The predicted molar refractivity (Wildman–Crippen MR) is 117 cm³/mol. The van der Waals surface area contributed by atoms with Crippen LogP contribution in [0.5, 0.6) is 0 Å². The van der Waals surface area contributed by atoms with Gasteiger partial charge in [-0.2, -0.15) is 0 Å². The van der Waals surface area contributed by atoms with Gasteiger partial charge >= 0.3 is 0 Å². The predicted octanol–water partition coefficient (Wildman–Crippen LogP) is 6.71. The van der Waals surface area contributed by atoms with Crippen molar-refractivity contribution in [3.63, 3.8) is 0 Å². The molecule has 3 aromatic carbocycles. The summed E-state index contributed by atoms with van der Waals surface area (Å²) in [6.45, 7) is 8.52. The molecule has 0 amide bonds. The normalized spacial score (nSPS) is 10.9. The molecule has 0 aliphatic rings. The summed E-state index contributed by atoms with van der Waals surface area (Å²) in [5.41, 5.74) is 11.4. The van der Waals surface area contributed by atoms with Crippen LogP contribution in [0.4, 0.5) is 0 Å². The first-order chi connectivity index (χ1) is 13.5. The molecule has 4 aromatic rings. The summed E-state index contributed by atoms with van der Waals surface area (Å²) in [6, 6.07) is 23.6. The molecule has 1 aromatic heterocycles. The summed E-state index contributed by atoms with van der Waals surface area (Å²) in [5, 5.41) is 0. The summed E-state index contributed by atoms with van der Waals surface area (Å²) in [5.74, 6) is 0. The Morgan fingerprint density at radius 2 is 0.929 bits per heavy atom. The number of hydrogen-bond donors (Lipinski definition) is 0. The lowest BCUT2D eigenvalue weighted by atomic mass is 9.92. The summed E-state index contributed by atoms with van der Waals surface area (Å²) >= 11 is 0. The average Bonchev–Trinajstić information content (AvgIpc) is 2.66. The van der Waals surface area contributed by atoms with Crippen molar-refractivity contribution in [1.82, 2.24) is 9.97 Å². The maximum atomic E-state index is 4.73. The molecule has 0 unspecified atom stereocenters. The third kappa shape index (κ3) is 3.59. The second-order valence-electron chi connectivity index (χ2n) is 7.56. The minimum atomic E-state index is 0.974. The summed E-state index contributed by atoms with van der Waals surface area (Å²) in [7, 11) is 0. The fourth-order valence-corrected chi connectivity index (χ4v) is 3.92. The van der Waals surface area contributed by atoms with Gasteiger partial charge in [0.1, 0.15) is 6.33 Å². The van der Waals surface area contributed by atoms with Crippen LogP contribution in [0.25, 0.3) is 33.6 Å². The van der Waals surface area contributed by atoms with Crippen molar-refractivity contribution in [2.75, 3.05) is 0 Å². The molecule has 0 spiro atoms. The standard InChI is InChI=1S/C26H24N2/c1-17-10-18(2)13-22(12-17)25-24(21-8-6-5-7-9-21)26(28-16-27-25)23-14-19(3)11-20(4)15-23/h5-16H,1-4H3. The molecule has 0 radical (unpaired) electrons. The molecular weight excluding hydrogens is 340 g/mol. The van der Waals surface area contributed by atoms with E-state index in [1.54, 1.807) is 6.33 Å². The Labute approximate surface area is 167 Å². The van der Waals surface area contributed by atoms with E-state index in [9.17, 15) is 0 Å². The summed E-state index contributed by atoms with van der Waals surface area (Å²) < 4.78 is 0. The number of aryl methyl sites for hydroxylation is 4. The van der Waals surface area contributed by atoms with Gasteiger partial charge in [0.25, 0.3) is 0 Å². The molecule has 1 heterocycles. The van der Waals surface area contributed by atoms with E-state index < -0.39 is 0 Å². The van der Waals surface area contributed by atoms with Gasteiger partial charge in [-0.1, -0.05) is 64.7 Å². The van der Waals surface area contributed by atoms with Crippen LogP contribution in [0.15, 0.2) is 73.1 Å². The smallest absolute Gasteiger partial charge is 0.116 e. The molecule has 2 heteroatoms. The zero-order valence-corrected chi connectivity index (χ0v) is 16.8. The fourth-order valence-electron chi connectivity index (χ4n) is 3.92. The highest BCUT2D eigenvalue weighted by atomic mass is 14.8. The fraction of sp³-hybridized carbons (Fsp3) is 0.154. The molecule has 0 N–H and O–H groups in total. The third-order valence-corrected chi connectivity index (χ3v) is 4.90. The third-order valence-electron chi connectivity index (χ3n) is 4.90. The van der Waals surface area contributed by atoms with E-state index in [0.29, 0.717) is 0 Å². The molecule has 2 nitrogen and oxygen atoms in total. The Kier molecular flexibility index (Phi) is 4.79. The molecule has 28 heavy (non-hydrogen) atoms. The van der Waals surface area contributed by atoms with Crippen LogP contribution in [0.1, 0.15) is 22.3 Å². The Balaban J connectivity index is 2.05. The topological polar surface area (TPSA) is 25.8 Å². The van der Waals surface area contributed by atoms with Crippen LogP contribution in [0.3, 0.4) is 0 Å². The van der Waals surface area contributed by atoms with Crippen molar-refractivity contribution < 1.29 is 0 Å². The lowest BCUT2D eigenvalue weighted by molar-refractivity contribution is 1.17. The van der Waals surface area contributed by atoms with Gasteiger partial charge in [0, 0.05) is 16.7 Å². The van der Waals surface area contributed by atoms with Crippen molar-refractivity contribution in [2.24, 2.45) is 0 Å². The van der Waals surface area contributed by atoms with Crippen LogP contribution in [-0.2, 0) is 0 Å². The summed E-state index contributed by atoms with van der Waals surface area (Å²) in [6.07, 6.45) is 1.69. The number of benzene rings is 3. The van der Waals surface area contributed by atoms with E-state index in [-0.39, 0.29) is 0 Å². The number of aromatic nitrogens is 2. The SMILES string of the molecule is Cc1cc(C)cc(-c2ncnc(-c3cc(C)cc(C)c3)c2-c2ccccc2)c1. The van der Waals surface area contributed by atoms with Gasteiger partial charge in [0.15, 0.2) is 0 Å². The van der Waals surface area contributed by atoms with Crippen LogP contribution in [-0.4, -0.2) is 9.97 Å². The molecule has 138 valence electrons. The second kappa shape index (κ2) is 7.40. The van der Waals surface area contributed by atoms with Crippen molar-refractivity contribution in [3.8, 4) is 33.6 Å². The highest BCUT2D eigenvalue weighted by molar-refractivity contribution is 5.91. The molecule has 0 saturated heterocycles. The van der Waals surface area contributed by atoms with Gasteiger partial charge in [-0.3, -0.25) is 0 Å². The molecule has 0 aliphatic carbocycles. The largest absolute Gasteiger partial charge is 0.236 e. The monoisotopic (exact) mass is 364 g/mol. The molecular formula is C26H24N2. The first-order valence-corrected chi connectivity index (χ1v) is 9.59. The van der Waals surface area contributed by atoms with E-state index in [2.05, 4.69) is 88.4 Å². The number of hydrogen-bond acceptors (Lipinski definition) is 2. The van der Waals surface area contributed by atoms with Gasteiger partial charge in [-0.05, 0) is 57.5 Å². The summed E-state index contributed by atoms with van der Waals surface area (Å²) in [4.78, 5) is 9.45. The van der Waals surface area contributed by atoms with Gasteiger partial charge in [-0.15, -0.1) is 0 Å². The van der Waals surface area contributed by atoms with Gasteiger partial charge < -0.3 is 0 Å². The van der Waals surface area contributed by atoms with Crippen LogP contribution in [0.2, 0.25) is 0 Å². The van der Waals surface area contributed by atoms with Crippen molar-refractivity contribution in [3.05, 3.63) is 95.3 Å². The zero-order valence-electron chi connectivity index (χ0n) is 16.8. The second-order valence-corrected chi connectivity index (χ2v) is 7.56. The van der Waals surface area contributed by atoms with E-state index in [4.69, 9.17) is 9.97 Å². The van der Waals surface area contributed by atoms with Crippen molar-refractivity contribution in [1.29, 1.82) is 0 Å². The minimum absolute atomic E-state index is 0.974. The van der Waals surface area contributed by atoms with Gasteiger partial charge in [0.05, 0.1) is 11.4 Å². The van der Waals surface area contributed by atoms with Crippen molar-refractivity contribution >= 4 is 0 Å². The first-order valence-electron chi connectivity index (χ1n) is 9.59. The minimum Gasteiger partial charge on any atom is -0.236 e. The van der Waals surface area contributed by atoms with E-state index in [1.807, 2.05) is 6.07 Å². The van der Waals surface area contributed by atoms with E-state index >= 15 is 0 Å². The molecule has 0 atom stereocenters.